The monoisotopic (exact) mass is 422 g/mol. The molecular weight excluding hydrogens is 388 g/mol. The molecule has 0 aromatic heterocycles. The SMILES string of the molecule is CC(OCCCNC(=O)C1CCN(C(=O)CCc2ccccc2)CC1)c1ccccc1. The lowest BCUT2D eigenvalue weighted by atomic mass is 9.95. The Bertz CT molecular complexity index is 802. The van der Waals surface area contributed by atoms with Gasteiger partial charge in [-0.3, -0.25) is 9.59 Å². The molecular formula is C26H34N2O3. The lowest BCUT2D eigenvalue weighted by Gasteiger charge is -2.31. The highest BCUT2D eigenvalue weighted by Gasteiger charge is 2.26. The van der Waals surface area contributed by atoms with Gasteiger partial charge in [0.25, 0.3) is 0 Å². The summed E-state index contributed by atoms with van der Waals surface area (Å²) in [6.45, 7) is 4.62. The summed E-state index contributed by atoms with van der Waals surface area (Å²) in [7, 11) is 0. The molecule has 0 aliphatic carbocycles. The van der Waals surface area contributed by atoms with Crippen molar-refractivity contribution >= 4 is 11.8 Å². The number of aryl methyl sites for hydroxylation is 1. The predicted molar refractivity (Wildman–Crippen MR) is 123 cm³/mol. The van der Waals surface area contributed by atoms with Crippen molar-refractivity contribution in [3.05, 3.63) is 71.8 Å². The molecule has 1 unspecified atom stereocenters. The first-order valence-corrected chi connectivity index (χ1v) is 11.4. The normalized spacial score (nSPS) is 15.5. The number of carbonyl (C=O) groups is 2. The highest BCUT2D eigenvalue weighted by molar-refractivity contribution is 5.80. The molecule has 1 atom stereocenters. The molecule has 5 heteroatoms. The van der Waals surface area contributed by atoms with Crippen LogP contribution in [0.5, 0.6) is 0 Å². The minimum Gasteiger partial charge on any atom is -0.374 e. The van der Waals surface area contributed by atoms with Crippen LogP contribution in [0, 0.1) is 5.92 Å². The molecule has 2 aromatic rings. The molecule has 1 heterocycles. The number of ether oxygens (including phenoxy) is 1. The van der Waals surface area contributed by atoms with E-state index in [9.17, 15) is 9.59 Å². The number of piperidine rings is 1. The molecule has 1 aliphatic heterocycles. The predicted octanol–water partition coefficient (Wildman–Crippen LogP) is 4.14. The minimum absolute atomic E-state index is 0.00216. The maximum absolute atomic E-state index is 12.5. The Morgan fingerprint density at radius 1 is 1.03 bits per heavy atom. The van der Waals surface area contributed by atoms with Crippen molar-refractivity contribution in [3.8, 4) is 0 Å². The van der Waals surface area contributed by atoms with Crippen LogP contribution < -0.4 is 5.32 Å². The fourth-order valence-electron chi connectivity index (χ4n) is 3.95. The summed E-state index contributed by atoms with van der Waals surface area (Å²) >= 11 is 0. The van der Waals surface area contributed by atoms with Crippen LogP contribution in [0.25, 0.3) is 0 Å². The number of likely N-dealkylation sites (tertiary alicyclic amines) is 1. The number of nitrogens with one attached hydrogen (secondary N) is 1. The highest BCUT2D eigenvalue weighted by Crippen LogP contribution is 2.19. The number of hydrogen-bond donors (Lipinski definition) is 1. The summed E-state index contributed by atoms with van der Waals surface area (Å²) in [6.07, 6.45) is 3.63. The first-order chi connectivity index (χ1) is 15.1. The van der Waals surface area contributed by atoms with Gasteiger partial charge < -0.3 is 15.0 Å². The minimum atomic E-state index is 0.00216. The van der Waals surface area contributed by atoms with E-state index in [0.717, 1.165) is 31.2 Å². The third kappa shape index (κ3) is 7.51. The summed E-state index contributed by atoms with van der Waals surface area (Å²) in [5.41, 5.74) is 2.35. The van der Waals surface area contributed by atoms with E-state index in [-0.39, 0.29) is 23.8 Å². The van der Waals surface area contributed by atoms with Gasteiger partial charge in [0.15, 0.2) is 0 Å². The maximum atomic E-state index is 12.5. The van der Waals surface area contributed by atoms with Crippen LogP contribution in [0.1, 0.15) is 49.8 Å². The average molecular weight is 423 g/mol. The Kier molecular flexibility index (Phi) is 9.10. The molecule has 166 valence electrons. The zero-order valence-corrected chi connectivity index (χ0v) is 18.5. The fourth-order valence-corrected chi connectivity index (χ4v) is 3.95. The lowest BCUT2D eigenvalue weighted by molar-refractivity contribution is -0.135. The molecule has 0 saturated carbocycles. The van der Waals surface area contributed by atoms with Crippen LogP contribution in [-0.2, 0) is 20.7 Å². The topological polar surface area (TPSA) is 58.6 Å². The van der Waals surface area contributed by atoms with Gasteiger partial charge in [-0.2, -0.15) is 0 Å². The molecule has 0 radical (unpaired) electrons. The fraction of sp³-hybridized carbons (Fsp3) is 0.462. The molecule has 0 spiro atoms. The van der Waals surface area contributed by atoms with Gasteiger partial charge >= 0.3 is 0 Å². The Labute approximate surface area is 185 Å². The smallest absolute Gasteiger partial charge is 0.223 e. The van der Waals surface area contributed by atoms with Crippen LogP contribution in [0.3, 0.4) is 0 Å². The second-order valence-corrected chi connectivity index (χ2v) is 8.21. The van der Waals surface area contributed by atoms with Crippen molar-refractivity contribution in [2.75, 3.05) is 26.2 Å². The Balaban J connectivity index is 1.27. The third-order valence-electron chi connectivity index (χ3n) is 5.95. The molecule has 1 fully saturated rings. The summed E-state index contributed by atoms with van der Waals surface area (Å²) < 4.78 is 5.86. The van der Waals surface area contributed by atoms with Gasteiger partial charge in [0.05, 0.1) is 6.10 Å². The molecule has 5 nitrogen and oxygen atoms in total. The van der Waals surface area contributed by atoms with Gasteiger partial charge in [-0.15, -0.1) is 0 Å². The summed E-state index contributed by atoms with van der Waals surface area (Å²) in [6, 6.07) is 20.2. The van der Waals surface area contributed by atoms with Crippen molar-refractivity contribution in [1.29, 1.82) is 0 Å². The van der Waals surface area contributed by atoms with E-state index >= 15 is 0 Å². The molecule has 1 saturated heterocycles. The van der Waals surface area contributed by atoms with Gasteiger partial charge in [0.2, 0.25) is 11.8 Å². The molecule has 3 rings (SSSR count). The number of amides is 2. The van der Waals surface area contributed by atoms with Crippen LogP contribution in [0.4, 0.5) is 0 Å². The number of carbonyl (C=O) groups excluding carboxylic acids is 2. The quantitative estimate of drug-likeness (QED) is 0.586. The largest absolute Gasteiger partial charge is 0.374 e. The van der Waals surface area contributed by atoms with Crippen molar-refractivity contribution in [3.63, 3.8) is 0 Å². The van der Waals surface area contributed by atoms with Crippen molar-refractivity contribution in [1.82, 2.24) is 10.2 Å². The molecule has 31 heavy (non-hydrogen) atoms. The van der Waals surface area contributed by atoms with Crippen molar-refractivity contribution in [2.24, 2.45) is 5.92 Å². The second-order valence-electron chi connectivity index (χ2n) is 8.21. The lowest BCUT2D eigenvalue weighted by Crippen LogP contribution is -2.43. The van der Waals surface area contributed by atoms with E-state index in [0.29, 0.717) is 32.7 Å². The molecule has 1 aliphatic rings. The zero-order chi connectivity index (χ0) is 21.9. The first-order valence-electron chi connectivity index (χ1n) is 11.4. The molecule has 2 aromatic carbocycles. The van der Waals surface area contributed by atoms with Crippen LogP contribution in [0.2, 0.25) is 0 Å². The maximum Gasteiger partial charge on any atom is 0.223 e. The van der Waals surface area contributed by atoms with E-state index < -0.39 is 0 Å². The van der Waals surface area contributed by atoms with E-state index in [1.807, 2.05) is 48.2 Å². The third-order valence-corrected chi connectivity index (χ3v) is 5.95. The van der Waals surface area contributed by atoms with Gasteiger partial charge in [-0.25, -0.2) is 0 Å². The van der Waals surface area contributed by atoms with Gasteiger partial charge in [0, 0.05) is 38.6 Å². The average Bonchev–Trinajstić information content (AvgIpc) is 2.83. The zero-order valence-electron chi connectivity index (χ0n) is 18.5. The van der Waals surface area contributed by atoms with E-state index in [1.165, 1.54) is 5.56 Å². The summed E-state index contributed by atoms with van der Waals surface area (Å²) in [5, 5.41) is 3.03. The summed E-state index contributed by atoms with van der Waals surface area (Å²) in [4.78, 5) is 26.8. The standard InChI is InChI=1S/C26H34N2O3/c1-21(23-11-6-3-7-12-23)31-20-8-17-27-26(30)24-15-18-28(19-16-24)25(29)14-13-22-9-4-2-5-10-22/h2-7,9-12,21,24H,8,13-20H2,1H3,(H,27,30). The van der Waals surface area contributed by atoms with Gasteiger partial charge in [0.1, 0.15) is 0 Å². The molecule has 0 bridgehead atoms. The first kappa shape index (κ1) is 23.0. The van der Waals surface area contributed by atoms with E-state index in [4.69, 9.17) is 4.74 Å². The second kappa shape index (κ2) is 12.3. The Morgan fingerprint density at radius 3 is 2.35 bits per heavy atom. The van der Waals surface area contributed by atoms with Gasteiger partial charge in [-0.05, 0) is 43.7 Å². The number of nitrogens with zero attached hydrogens (tertiary/aromatic N) is 1. The highest BCUT2D eigenvalue weighted by atomic mass is 16.5. The number of hydrogen-bond acceptors (Lipinski definition) is 3. The van der Waals surface area contributed by atoms with E-state index in [2.05, 4.69) is 29.6 Å². The van der Waals surface area contributed by atoms with Crippen molar-refractivity contribution in [2.45, 2.75) is 45.1 Å². The van der Waals surface area contributed by atoms with Crippen molar-refractivity contribution < 1.29 is 14.3 Å². The number of rotatable bonds is 10. The summed E-state index contributed by atoms with van der Waals surface area (Å²) in [5.74, 6) is 0.294. The Hall–Kier alpha value is -2.66. The molecule has 2 amide bonds. The van der Waals surface area contributed by atoms with E-state index in [1.54, 1.807) is 0 Å². The van der Waals surface area contributed by atoms with Crippen LogP contribution in [-0.4, -0.2) is 43.0 Å². The Morgan fingerprint density at radius 2 is 1.68 bits per heavy atom. The number of benzene rings is 2. The van der Waals surface area contributed by atoms with Gasteiger partial charge in [-0.1, -0.05) is 60.7 Å². The molecule has 1 N–H and O–H groups in total. The van der Waals surface area contributed by atoms with Crippen LogP contribution >= 0.6 is 0 Å². The van der Waals surface area contributed by atoms with Crippen LogP contribution in [0.15, 0.2) is 60.7 Å².